The largest absolute Gasteiger partial charge is 0.443 e. The van der Waals surface area contributed by atoms with E-state index >= 15 is 0 Å². The van der Waals surface area contributed by atoms with Gasteiger partial charge in [0.25, 0.3) is 0 Å². The van der Waals surface area contributed by atoms with Gasteiger partial charge in [0.15, 0.2) is 0 Å². The first-order valence-electron chi connectivity index (χ1n) is 10.8. The molecule has 10 nitrogen and oxygen atoms in total. The van der Waals surface area contributed by atoms with Crippen LogP contribution in [0.2, 0.25) is 0 Å². The highest BCUT2D eigenvalue weighted by Crippen LogP contribution is 2.31. The molecule has 1 saturated heterocycles. The van der Waals surface area contributed by atoms with Gasteiger partial charge in [-0.05, 0) is 17.0 Å². The minimum Gasteiger partial charge on any atom is -0.443 e. The molecule has 1 aromatic carbocycles. The first-order chi connectivity index (χ1) is 15.7. The van der Waals surface area contributed by atoms with Crippen molar-refractivity contribution in [1.82, 2.24) is 10.2 Å². The Morgan fingerprint density at radius 3 is 2.52 bits per heavy atom. The molecule has 7 N–H and O–H groups in total. The van der Waals surface area contributed by atoms with Crippen LogP contribution in [0.3, 0.4) is 0 Å². The molecule has 3 rings (SSSR count). The van der Waals surface area contributed by atoms with Gasteiger partial charge in [-0.1, -0.05) is 50.3 Å². The molecule has 33 heavy (non-hydrogen) atoms. The SMILES string of the molecule is CC(C)c1[nH]nc(O[C@@H]2O[C@H](CO)[C@@H](O)[C@H](O)[C@H]2O)c1Cc1ccc(C=CCC(N)=O)cc1. The number of benzene rings is 1. The van der Waals surface area contributed by atoms with Gasteiger partial charge in [-0.2, -0.15) is 0 Å². The van der Waals surface area contributed by atoms with Crippen molar-refractivity contribution in [1.29, 1.82) is 0 Å². The summed E-state index contributed by atoms with van der Waals surface area (Å²) in [5.74, 6) is -0.0832. The number of amides is 1. The quantitative estimate of drug-likeness (QED) is 0.307. The molecule has 0 aliphatic carbocycles. The summed E-state index contributed by atoms with van der Waals surface area (Å²) in [5, 5.41) is 46.9. The molecule has 0 saturated carbocycles. The minimum atomic E-state index is -1.54. The summed E-state index contributed by atoms with van der Waals surface area (Å²) < 4.78 is 11.3. The monoisotopic (exact) mass is 461 g/mol. The number of nitrogens with two attached hydrogens (primary N) is 1. The molecule has 2 aromatic rings. The molecule has 0 spiro atoms. The third-order valence-electron chi connectivity index (χ3n) is 5.50. The number of carbonyl (C=O) groups excluding carboxylic acids is 1. The van der Waals surface area contributed by atoms with Crippen LogP contribution in [-0.2, 0) is 16.0 Å². The van der Waals surface area contributed by atoms with E-state index in [1.54, 1.807) is 6.08 Å². The summed E-state index contributed by atoms with van der Waals surface area (Å²) in [5.41, 5.74) is 8.65. The van der Waals surface area contributed by atoms with Crippen LogP contribution in [0, 0.1) is 0 Å². The average molecular weight is 462 g/mol. The molecule has 1 amide bonds. The van der Waals surface area contributed by atoms with Crippen LogP contribution < -0.4 is 10.5 Å². The maximum atomic E-state index is 10.9. The Labute approximate surface area is 191 Å². The van der Waals surface area contributed by atoms with Gasteiger partial charge in [0, 0.05) is 24.1 Å². The van der Waals surface area contributed by atoms with Crippen molar-refractivity contribution in [2.45, 2.75) is 63.3 Å². The van der Waals surface area contributed by atoms with Gasteiger partial charge in [-0.3, -0.25) is 9.89 Å². The fourth-order valence-electron chi connectivity index (χ4n) is 3.64. The molecule has 2 heterocycles. The number of aromatic amines is 1. The molecule has 0 radical (unpaired) electrons. The van der Waals surface area contributed by atoms with Crippen LogP contribution in [-0.4, -0.2) is 73.8 Å². The fraction of sp³-hybridized carbons (Fsp3) is 0.478. The van der Waals surface area contributed by atoms with Crippen molar-refractivity contribution in [3.8, 4) is 5.88 Å². The van der Waals surface area contributed by atoms with Crippen molar-refractivity contribution in [3.63, 3.8) is 0 Å². The van der Waals surface area contributed by atoms with Crippen molar-refractivity contribution < 1.29 is 34.7 Å². The molecule has 1 aliphatic heterocycles. The lowest BCUT2D eigenvalue weighted by molar-refractivity contribution is -0.278. The van der Waals surface area contributed by atoms with Crippen LogP contribution in [0.4, 0.5) is 0 Å². The molecule has 10 heteroatoms. The number of aromatic nitrogens is 2. The zero-order chi connectivity index (χ0) is 24.1. The normalized spacial score (nSPS) is 25.6. The van der Waals surface area contributed by atoms with Gasteiger partial charge in [0.2, 0.25) is 18.1 Å². The summed E-state index contributed by atoms with van der Waals surface area (Å²) in [4.78, 5) is 10.9. The van der Waals surface area contributed by atoms with Crippen molar-refractivity contribution in [2.75, 3.05) is 6.61 Å². The maximum Gasteiger partial charge on any atom is 0.238 e. The van der Waals surface area contributed by atoms with E-state index in [4.69, 9.17) is 15.2 Å². The molecule has 180 valence electrons. The molecule has 0 bridgehead atoms. The molecule has 1 fully saturated rings. The minimum absolute atomic E-state index is 0.107. The van der Waals surface area contributed by atoms with Gasteiger partial charge in [0.1, 0.15) is 24.4 Å². The zero-order valence-corrected chi connectivity index (χ0v) is 18.6. The molecule has 5 atom stereocenters. The lowest BCUT2D eigenvalue weighted by Gasteiger charge is -2.39. The number of aliphatic hydroxyl groups is 4. The highest BCUT2D eigenvalue weighted by atomic mass is 16.7. The second-order valence-electron chi connectivity index (χ2n) is 8.38. The molecular formula is C23H31N3O7. The lowest BCUT2D eigenvalue weighted by Crippen LogP contribution is -2.60. The average Bonchev–Trinajstić information content (AvgIpc) is 3.17. The number of rotatable bonds is 9. The van der Waals surface area contributed by atoms with E-state index in [1.807, 2.05) is 44.2 Å². The number of carbonyl (C=O) groups is 1. The van der Waals surface area contributed by atoms with E-state index in [-0.39, 0.29) is 18.2 Å². The molecule has 1 aromatic heterocycles. The van der Waals surface area contributed by atoms with Crippen LogP contribution in [0.15, 0.2) is 30.3 Å². The van der Waals surface area contributed by atoms with E-state index in [1.165, 1.54) is 0 Å². The van der Waals surface area contributed by atoms with Crippen molar-refractivity contribution in [2.24, 2.45) is 5.73 Å². The topological polar surface area (TPSA) is 171 Å². The number of primary amides is 1. The Morgan fingerprint density at radius 2 is 1.91 bits per heavy atom. The highest BCUT2D eigenvalue weighted by Gasteiger charge is 2.45. The summed E-state index contributed by atoms with van der Waals surface area (Å²) in [6, 6.07) is 7.72. The van der Waals surface area contributed by atoms with Crippen LogP contribution in [0.5, 0.6) is 5.88 Å². The Kier molecular flexibility index (Phi) is 8.22. The first kappa shape index (κ1) is 24.9. The number of ether oxygens (including phenoxy) is 2. The van der Waals surface area contributed by atoms with Crippen molar-refractivity contribution >= 4 is 12.0 Å². The smallest absolute Gasteiger partial charge is 0.238 e. The second kappa shape index (κ2) is 10.9. The van der Waals surface area contributed by atoms with Crippen LogP contribution in [0.1, 0.15) is 48.6 Å². The van der Waals surface area contributed by atoms with Crippen molar-refractivity contribution in [3.05, 3.63) is 52.7 Å². The number of H-pyrrole nitrogens is 1. The van der Waals surface area contributed by atoms with Gasteiger partial charge in [-0.15, -0.1) is 5.10 Å². The predicted octanol–water partition coefficient (Wildman–Crippen LogP) is 0.191. The fourth-order valence-corrected chi connectivity index (χ4v) is 3.64. The van der Waals surface area contributed by atoms with Gasteiger partial charge in [-0.25, -0.2) is 0 Å². The Morgan fingerprint density at radius 1 is 1.21 bits per heavy atom. The summed E-state index contributed by atoms with van der Waals surface area (Å²) in [6.07, 6.45) is -2.75. The molecule has 1 aliphatic rings. The Balaban J connectivity index is 1.79. The lowest BCUT2D eigenvalue weighted by atomic mass is 9.98. The third-order valence-corrected chi connectivity index (χ3v) is 5.50. The Bertz CT molecular complexity index is 955. The van der Waals surface area contributed by atoms with E-state index in [0.29, 0.717) is 6.42 Å². The van der Waals surface area contributed by atoms with E-state index < -0.39 is 43.2 Å². The summed E-state index contributed by atoms with van der Waals surface area (Å²) in [6.45, 7) is 3.46. The number of nitrogens with zero attached hydrogens (tertiary/aromatic N) is 1. The van der Waals surface area contributed by atoms with Gasteiger partial charge >= 0.3 is 0 Å². The van der Waals surface area contributed by atoms with Crippen LogP contribution in [0.25, 0.3) is 6.08 Å². The number of nitrogens with one attached hydrogen (secondary N) is 1. The zero-order valence-electron chi connectivity index (χ0n) is 18.6. The third kappa shape index (κ3) is 5.98. The Hall–Kier alpha value is -2.76. The first-order valence-corrected chi connectivity index (χ1v) is 10.8. The number of hydrogen-bond donors (Lipinski definition) is 6. The molecular weight excluding hydrogens is 430 g/mol. The predicted molar refractivity (Wildman–Crippen MR) is 119 cm³/mol. The standard InChI is InChI=1S/C23H31N3O7/c1-12(2)18-15(10-14-8-6-13(7-9-14)4-3-5-17(24)28)22(26-25-18)33-23-21(31)20(30)19(29)16(11-27)32-23/h3-4,6-9,12,16,19-21,23,27,29-31H,5,10-11H2,1-2H3,(H2,24,28)(H,25,26)/t16-,19-,20+,21-,23+/m1/s1. The molecule has 0 unspecified atom stereocenters. The van der Waals surface area contributed by atoms with Gasteiger partial charge < -0.3 is 35.6 Å². The summed E-state index contributed by atoms with van der Waals surface area (Å²) >= 11 is 0. The number of aliphatic hydroxyl groups excluding tert-OH is 4. The van der Waals surface area contributed by atoms with E-state index in [0.717, 1.165) is 22.4 Å². The van der Waals surface area contributed by atoms with E-state index in [9.17, 15) is 25.2 Å². The number of hydrogen-bond acceptors (Lipinski definition) is 8. The highest BCUT2D eigenvalue weighted by molar-refractivity contribution is 5.76. The van der Waals surface area contributed by atoms with Crippen LogP contribution >= 0.6 is 0 Å². The van der Waals surface area contributed by atoms with Gasteiger partial charge in [0.05, 0.1) is 6.61 Å². The second-order valence-corrected chi connectivity index (χ2v) is 8.38. The maximum absolute atomic E-state index is 10.9. The summed E-state index contributed by atoms with van der Waals surface area (Å²) in [7, 11) is 0. The van der Waals surface area contributed by atoms with E-state index in [2.05, 4.69) is 10.2 Å².